The van der Waals surface area contributed by atoms with Gasteiger partial charge in [-0.05, 0) is 36.6 Å². The largest absolute Gasteiger partial charge is 0.324 e. The minimum absolute atomic E-state index is 0.179. The summed E-state index contributed by atoms with van der Waals surface area (Å²) in [5.41, 5.74) is 9.14. The number of aromatic nitrogens is 2. The maximum atomic E-state index is 13.3. The summed E-state index contributed by atoms with van der Waals surface area (Å²) in [6.45, 7) is 2.05. The van der Waals surface area contributed by atoms with Gasteiger partial charge in [-0.1, -0.05) is 22.9 Å². The number of halogens is 2. The summed E-state index contributed by atoms with van der Waals surface area (Å²) in [4.78, 5) is 0. The number of hydrogen-bond acceptors (Lipinski definition) is 2. The molecule has 2 aromatic rings. The number of benzene rings is 1. The van der Waals surface area contributed by atoms with Crippen molar-refractivity contribution < 1.29 is 4.39 Å². The molecular weight excluding hydrogens is 309 g/mol. The molecule has 2 rings (SSSR count). The molecule has 0 aliphatic heterocycles. The number of nitrogens with two attached hydrogens (primary N) is 1. The molecule has 5 heteroatoms. The summed E-state index contributed by atoms with van der Waals surface area (Å²) in [6.07, 6.45) is 3.36. The predicted molar refractivity (Wildman–Crippen MR) is 77.3 cm³/mol. The molecule has 1 aromatic carbocycles. The van der Waals surface area contributed by atoms with Crippen LogP contribution in [0.4, 0.5) is 4.39 Å². The predicted octanol–water partition coefficient (Wildman–Crippen LogP) is 3.13. The summed E-state index contributed by atoms with van der Waals surface area (Å²) in [5.74, 6) is -0.243. The van der Waals surface area contributed by atoms with Crippen molar-refractivity contribution in [3.05, 3.63) is 51.5 Å². The van der Waals surface area contributed by atoms with Gasteiger partial charge in [0.05, 0.1) is 5.69 Å². The minimum Gasteiger partial charge on any atom is -0.324 e. The van der Waals surface area contributed by atoms with Gasteiger partial charge in [-0.25, -0.2) is 4.39 Å². The van der Waals surface area contributed by atoms with Gasteiger partial charge >= 0.3 is 0 Å². The fourth-order valence-corrected chi connectivity index (χ4v) is 2.59. The Labute approximate surface area is 120 Å². The molecule has 0 saturated heterocycles. The van der Waals surface area contributed by atoms with Gasteiger partial charge < -0.3 is 5.73 Å². The maximum absolute atomic E-state index is 13.3. The van der Waals surface area contributed by atoms with E-state index in [9.17, 15) is 4.39 Å². The Hall–Kier alpha value is -1.20. The lowest BCUT2D eigenvalue weighted by atomic mass is 9.99. The van der Waals surface area contributed by atoms with Crippen LogP contribution in [0, 0.1) is 5.82 Å². The van der Waals surface area contributed by atoms with Crippen molar-refractivity contribution in [2.45, 2.75) is 25.8 Å². The smallest absolute Gasteiger partial charge is 0.123 e. The lowest BCUT2D eigenvalue weighted by Crippen LogP contribution is -2.15. The van der Waals surface area contributed by atoms with Gasteiger partial charge in [-0.3, -0.25) is 4.68 Å². The Morgan fingerprint density at radius 1 is 1.47 bits per heavy atom. The number of nitrogens with zero attached hydrogens (tertiary/aromatic N) is 2. The Kier molecular flexibility index (Phi) is 4.37. The van der Waals surface area contributed by atoms with Crippen molar-refractivity contribution >= 4 is 15.9 Å². The highest BCUT2D eigenvalue weighted by atomic mass is 79.9. The zero-order valence-corrected chi connectivity index (χ0v) is 12.6. The average molecular weight is 326 g/mol. The van der Waals surface area contributed by atoms with Crippen LogP contribution in [0.25, 0.3) is 0 Å². The van der Waals surface area contributed by atoms with Crippen molar-refractivity contribution in [2.24, 2.45) is 12.8 Å². The molecule has 0 bridgehead atoms. The third-order valence-corrected chi connectivity index (χ3v) is 3.89. The van der Waals surface area contributed by atoms with Gasteiger partial charge in [-0.2, -0.15) is 5.10 Å². The van der Waals surface area contributed by atoms with Crippen LogP contribution in [0.2, 0.25) is 0 Å². The first-order valence-electron chi connectivity index (χ1n) is 6.23. The van der Waals surface area contributed by atoms with Gasteiger partial charge in [0.15, 0.2) is 0 Å². The van der Waals surface area contributed by atoms with E-state index in [1.54, 1.807) is 10.7 Å². The van der Waals surface area contributed by atoms with Gasteiger partial charge in [0.1, 0.15) is 5.82 Å². The highest BCUT2D eigenvalue weighted by molar-refractivity contribution is 9.10. The van der Waals surface area contributed by atoms with Crippen LogP contribution >= 0.6 is 15.9 Å². The van der Waals surface area contributed by atoms with Gasteiger partial charge in [0.25, 0.3) is 0 Å². The molecule has 3 nitrogen and oxygen atoms in total. The van der Waals surface area contributed by atoms with Crippen LogP contribution in [0.5, 0.6) is 0 Å². The Bertz CT molecular complexity index is 580. The van der Waals surface area contributed by atoms with E-state index in [2.05, 4.69) is 28.0 Å². The van der Waals surface area contributed by atoms with Crippen molar-refractivity contribution in [1.29, 1.82) is 0 Å². The molecule has 2 N–H and O–H groups in total. The van der Waals surface area contributed by atoms with E-state index in [0.29, 0.717) is 6.42 Å². The van der Waals surface area contributed by atoms with E-state index in [4.69, 9.17) is 5.73 Å². The van der Waals surface area contributed by atoms with Crippen molar-refractivity contribution in [2.75, 3.05) is 0 Å². The van der Waals surface area contributed by atoms with Crippen molar-refractivity contribution in [3.63, 3.8) is 0 Å². The summed E-state index contributed by atoms with van der Waals surface area (Å²) >= 11 is 3.43. The van der Waals surface area contributed by atoms with Gasteiger partial charge in [0.2, 0.25) is 0 Å². The fraction of sp³-hybridized carbons (Fsp3) is 0.357. The molecule has 1 unspecified atom stereocenters. The second-order valence-corrected chi connectivity index (χ2v) is 5.46. The highest BCUT2D eigenvalue weighted by Crippen LogP contribution is 2.25. The van der Waals surface area contributed by atoms with Crippen molar-refractivity contribution in [3.8, 4) is 0 Å². The first-order chi connectivity index (χ1) is 9.01. The second kappa shape index (κ2) is 5.84. The van der Waals surface area contributed by atoms with Crippen LogP contribution in [0.3, 0.4) is 0 Å². The van der Waals surface area contributed by atoms with Crippen molar-refractivity contribution in [1.82, 2.24) is 9.78 Å². The topological polar surface area (TPSA) is 43.8 Å². The fourth-order valence-electron chi connectivity index (χ4n) is 2.18. The Morgan fingerprint density at radius 3 is 2.89 bits per heavy atom. The van der Waals surface area contributed by atoms with Crippen LogP contribution in [0.1, 0.15) is 29.8 Å². The zero-order valence-electron chi connectivity index (χ0n) is 11.0. The highest BCUT2D eigenvalue weighted by Gasteiger charge is 2.16. The molecule has 0 amide bonds. The van der Waals surface area contributed by atoms with Gasteiger partial charge in [0, 0.05) is 29.3 Å². The number of hydrogen-bond donors (Lipinski definition) is 1. The summed E-state index contributed by atoms with van der Waals surface area (Å²) in [7, 11) is 1.88. The number of rotatable bonds is 4. The molecule has 0 aliphatic rings. The molecule has 1 heterocycles. The molecule has 0 radical (unpaired) electrons. The molecule has 1 atom stereocenters. The summed E-state index contributed by atoms with van der Waals surface area (Å²) < 4.78 is 15.9. The monoisotopic (exact) mass is 325 g/mol. The van der Waals surface area contributed by atoms with E-state index >= 15 is 0 Å². The molecule has 102 valence electrons. The number of aryl methyl sites for hydroxylation is 2. The minimum atomic E-state index is -0.243. The van der Waals surface area contributed by atoms with Gasteiger partial charge in [-0.15, -0.1) is 0 Å². The van der Waals surface area contributed by atoms with Crippen LogP contribution in [0.15, 0.2) is 28.9 Å². The van der Waals surface area contributed by atoms with E-state index in [0.717, 1.165) is 27.7 Å². The SMILES string of the molecule is CCc1nn(C)cc1C(N)Cc1cc(F)ccc1Br. The lowest BCUT2D eigenvalue weighted by Gasteiger charge is -2.13. The third kappa shape index (κ3) is 3.22. The average Bonchev–Trinajstić information content (AvgIpc) is 2.75. The van der Waals surface area contributed by atoms with Crippen LogP contribution in [-0.4, -0.2) is 9.78 Å². The van der Waals surface area contributed by atoms with E-state index < -0.39 is 0 Å². The molecule has 0 aliphatic carbocycles. The van der Waals surface area contributed by atoms with E-state index in [1.165, 1.54) is 12.1 Å². The quantitative estimate of drug-likeness (QED) is 0.938. The third-order valence-electron chi connectivity index (χ3n) is 3.12. The molecule has 1 aromatic heterocycles. The Balaban J connectivity index is 2.25. The maximum Gasteiger partial charge on any atom is 0.123 e. The molecular formula is C14H17BrFN3. The standard InChI is InChI=1S/C14H17BrFN3/c1-3-14-11(8-19(2)18-14)13(17)7-9-6-10(16)4-5-12(9)15/h4-6,8,13H,3,7,17H2,1-2H3. The van der Waals surface area contributed by atoms with Crippen LogP contribution < -0.4 is 5.73 Å². The van der Waals surface area contributed by atoms with E-state index in [-0.39, 0.29) is 11.9 Å². The zero-order chi connectivity index (χ0) is 14.0. The normalized spacial score (nSPS) is 12.7. The first-order valence-corrected chi connectivity index (χ1v) is 7.02. The molecule has 0 saturated carbocycles. The summed E-state index contributed by atoms with van der Waals surface area (Å²) in [5, 5.41) is 4.38. The van der Waals surface area contributed by atoms with E-state index in [1.807, 2.05) is 13.2 Å². The van der Waals surface area contributed by atoms with Crippen LogP contribution in [-0.2, 0) is 19.9 Å². The molecule has 0 fully saturated rings. The Morgan fingerprint density at radius 2 is 2.21 bits per heavy atom. The second-order valence-electron chi connectivity index (χ2n) is 4.60. The lowest BCUT2D eigenvalue weighted by molar-refractivity contribution is 0.621. The first kappa shape index (κ1) is 14.2. The summed E-state index contributed by atoms with van der Waals surface area (Å²) in [6, 6.07) is 4.48. The molecule has 19 heavy (non-hydrogen) atoms. The molecule has 0 spiro atoms.